The molecule has 4 heteroatoms. The number of nitrogens with one attached hydrogen (secondary N) is 1. The average molecular weight is 1120 g/mol. The quantitative estimate of drug-likeness (QED) is 0.0420. The van der Waals surface area contributed by atoms with Crippen LogP contribution in [0.5, 0.6) is 0 Å². The molecule has 2 unspecified atom stereocenters. The molecule has 0 aliphatic carbocycles. The van der Waals surface area contributed by atoms with Crippen LogP contribution in [0.15, 0.2) is 48.6 Å². The Kier molecular flexibility index (Phi) is 70.1. The topological polar surface area (TPSA) is 69.6 Å². The molecule has 0 heterocycles. The fraction of sp³-hybridized carbons (Fsp3) is 0.882. The maximum absolute atomic E-state index is 12.6. The van der Waals surface area contributed by atoms with Crippen LogP contribution >= 0.6 is 0 Å². The van der Waals surface area contributed by atoms with Gasteiger partial charge in [-0.1, -0.05) is 403 Å². The van der Waals surface area contributed by atoms with Crippen LogP contribution in [0.1, 0.15) is 412 Å². The molecule has 0 bridgehead atoms. The van der Waals surface area contributed by atoms with E-state index in [0.29, 0.717) is 12.8 Å². The second-order valence-corrected chi connectivity index (χ2v) is 25.3. The molecule has 0 saturated heterocycles. The van der Waals surface area contributed by atoms with Crippen molar-refractivity contribution in [1.29, 1.82) is 0 Å². The largest absolute Gasteiger partial charge is 0.394 e. The Balaban J connectivity index is 3.36. The number of allylic oxidation sites excluding steroid dienone is 8. The highest BCUT2D eigenvalue weighted by atomic mass is 16.3. The second kappa shape index (κ2) is 71.6. The summed E-state index contributed by atoms with van der Waals surface area (Å²) in [6, 6.07) is -0.536. The third kappa shape index (κ3) is 67.1. The zero-order valence-corrected chi connectivity index (χ0v) is 54.6. The zero-order chi connectivity index (χ0) is 57.6. The van der Waals surface area contributed by atoms with Crippen LogP contribution in [0.4, 0.5) is 0 Å². The summed E-state index contributed by atoms with van der Waals surface area (Å²) in [4.78, 5) is 12.6. The third-order valence-electron chi connectivity index (χ3n) is 17.4. The van der Waals surface area contributed by atoms with Gasteiger partial charge >= 0.3 is 0 Å². The summed E-state index contributed by atoms with van der Waals surface area (Å²) >= 11 is 0. The summed E-state index contributed by atoms with van der Waals surface area (Å²) in [6.45, 7) is 4.29. The van der Waals surface area contributed by atoms with Crippen molar-refractivity contribution in [3.63, 3.8) is 0 Å². The lowest BCUT2D eigenvalue weighted by Crippen LogP contribution is -2.45. The first kappa shape index (κ1) is 78.4. The number of rotatable bonds is 69. The lowest BCUT2D eigenvalue weighted by Gasteiger charge is -2.22. The molecule has 0 fully saturated rings. The normalized spacial score (nSPS) is 12.9. The number of carbonyl (C=O) groups excluding carboxylic acids is 1. The van der Waals surface area contributed by atoms with Crippen molar-refractivity contribution in [2.75, 3.05) is 6.61 Å². The van der Waals surface area contributed by atoms with Gasteiger partial charge in [-0.2, -0.15) is 0 Å². The van der Waals surface area contributed by atoms with Gasteiger partial charge in [0, 0.05) is 6.42 Å². The van der Waals surface area contributed by atoms with Gasteiger partial charge in [-0.15, -0.1) is 0 Å². The van der Waals surface area contributed by atoms with E-state index in [2.05, 4.69) is 67.8 Å². The van der Waals surface area contributed by atoms with Gasteiger partial charge in [-0.3, -0.25) is 4.79 Å². The molecule has 0 spiro atoms. The van der Waals surface area contributed by atoms with Gasteiger partial charge in [0.2, 0.25) is 5.91 Å². The molecule has 4 nitrogen and oxygen atoms in total. The summed E-state index contributed by atoms with van der Waals surface area (Å²) < 4.78 is 0. The number of amides is 1. The highest BCUT2D eigenvalue weighted by Gasteiger charge is 2.20. The van der Waals surface area contributed by atoms with Crippen LogP contribution < -0.4 is 5.32 Å². The Bertz CT molecular complexity index is 1270. The van der Waals surface area contributed by atoms with Crippen molar-refractivity contribution >= 4 is 5.91 Å². The molecule has 80 heavy (non-hydrogen) atoms. The summed E-state index contributed by atoms with van der Waals surface area (Å²) in [6.07, 6.45) is 101. The minimum absolute atomic E-state index is 0.0214. The average Bonchev–Trinajstić information content (AvgIpc) is 3.46. The molecule has 0 aromatic rings. The predicted octanol–water partition coefficient (Wildman–Crippen LogP) is 25.3. The van der Waals surface area contributed by atoms with E-state index < -0.39 is 12.1 Å². The Labute approximate surface area is 503 Å². The maximum Gasteiger partial charge on any atom is 0.220 e. The Morgan fingerprint density at radius 1 is 0.312 bits per heavy atom. The molecule has 0 rings (SSSR count). The minimum atomic E-state index is -0.659. The van der Waals surface area contributed by atoms with Gasteiger partial charge in [-0.05, 0) is 51.4 Å². The first-order valence-corrected chi connectivity index (χ1v) is 36.8. The van der Waals surface area contributed by atoms with Crippen molar-refractivity contribution in [3.8, 4) is 0 Å². The van der Waals surface area contributed by atoms with E-state index in [1.807, 2.05) is 0 Å². The van der Waals surface area contributed by atoms with E-state index >= 15 is 0 Å². The van der Waals surface area contributed by atoms with E-state index in [1.165, 1.54) is 334 Å². The standard InChI is InChI=1S/C76H145NO3/c1-3-5-7-9-11-13-15-17-19-21-23-25-27-29-31-32-33-34-35-36-37-38-39-40-41-42-43-44-46-48-50-52-54-56-58-60-62-64-66-68-70-72-76(80)77-74(73-78)75(79)71-69-67-65-63-61-59-57-55-53-51-49-47-45-30-28-26-24-22-20-18-16-14-12-10-8-6-4-2/h5,7,11,13,17,19,23,25,74-75,78-79H,3-4,6,8-10,12,14-16,18,20-22,24,26-73H2,1-2H3,(H,77,80)/b7-5-,13-11-,19-17-,25-23-. The van der Waals surface area contributed by atoms with E-state index in [-0.39, 0.29) is 12.5 Å². The van der Waals surface area contributed by atoms with E-state index in [9.17, 15) is 15.0 Å². The van der Waals surface area contributed by atoms with Crippen LogP contribution in [-0.4, -0.2) is 34.9 Å². The van der Waals surface area contributed by atoms with E-state index in [4.69, 9.17) is 0 Å². The summed E-state index contributed by atoms with van der Waals surface area (Å²) in [7, 11) is 0. The number of carbonyl (C=O) groups is 1. The molecular weight excluding hydrogens is 975 g/mol. The molecule has 0 radical (unpaired) electrons. The molecule has 0 aliphatic rings. The lowest BCUT2D eigenvalue weighted by atomic mass is 10.0. The summed E-state index contributed by atoms with van der Waals surface area (Å²) in [5.41, 5.74) is 0. The van der Waals surface area contributed by atoms with Gasteiger partial charge in [0.1, 0.15) is 0 Å². The van der Waals surface area contributed by atoms with Crippen molar-refractivity contribution in [1.82, 2.24) is 5.32 Å². The smallest absolute Gasteiger partial charge is 0.220 e. The monoisotopic (exact) mass is 1120 g/mol. The van der Waals surface area contributed by atoms with Gasteiger partial charge in [0.15, 0.2) is 0 Å². The van der Waals surface area contributed by atoms with Gasteiger partial charge in [0.05, 0.1) is 18.8 Å². The summed E-state index contributed by atoms with van der Waals surface area (Å²) in [5.74, 6) is -0.0214. The van der Waals surface area contributed by atoms with Gasteiger partial charge in [0.25, 0.3) is 0 Å². The molecule has 3 N–H and O–H groups in total. The molecule has 0 saturated carbocycles. The molecule has 0 aromatic carbocycles. The first-order chi connectivity index (χ1) is 39.7. The Morgan fingerprint density at radius 2 is 0.550 bits per heavy atom. The highest BCUT2D eigenvalue weighted by Crippen LogP contribution is 2.20. The van der Waals surface area contributed by atoms with Gasteiger partial charge in [-0.25, -0.2) is 0 Å². The molecule has 0 aliphatic heterocycles. The van der Waals surface area contributed by atoms with Gasteiger partial charge < -0.3 is 15.5 Å². The van der Waals surface area contributed by atoms with Crippen LogP contribution in [-0.2, 0) is 4.79 Å². The third-order valence-corrected chi connectivity index (χ3v) is 17.4. The number of aliphatic hydroxyl groups excluding tert-OH is 2. The number of hydrogen-bond acceptors (Lipinski definition) is 3. The van der Waals surface area contributed by atoms with Crippen molar-refractivity contribution in [3.05, 3.63) is 48.6 Å². The fourth-order valence-corrected chi connectivity index (χ4v) is 11.8. The zero-order valence-electron chi connectivity index (χ0n) is 54.6. The molecular formula is C76H145NO3. The van der Waals surface area contributed by atoms with Crippen molar-refractivity contribution in [2.45, 2.75) is 424 Å². The van der Waals surface area contributed by atoms with E-state index in [0.717, 1.165) is 51.4 Å². The Hall–Kier alpha value is -1.65. The lowest BCUT2D eigenvalue weighted by molar-refractivity contribution is -0.123. The van der Waals surface area contributed by atoms with Crippen LogP contribution in [0, 0.1) is 0 Å². The Morgan fingerprint density at radius 3 is 0.825 bits per heavy atom. The predicted molar refractivity (Wildman–Crippen MR) is 359 cm³/mol. The highest BCUT2D eigenvalue weighted by molar-refractivity contribution is 5.76. The van der Waals surface area contributed by atoms with Crippen molar-refractivity contribution < 1.29 is 15.0 Å². The number of hydrogen-bond donors (Lipinski definition) is 3. The number of aliphatic hydroxyl groups is 2. The second-order valence-electron chi connectivity index (χ2n) is 25.3. The minimum Gasteiger partial charge on any atom is -0.394 e. The SMILES string of the molecule is CC/C=C\C/C=C\C/C=C\C/C=C\CCCCCCCCCCCCCCCCCCCCCCCCCCCCCCC(=O)NC(CO)C(O)CCCCCCCCCCCCCCCCCCCCCCCCCCCCC. The molecule has 0 aromatic heterocycles. The van der Waals surface area contributed by atoms with Crippen LogP contribution in [0.25, 0.3) is 0 Å². The molecule has 1 amide bonds. The van der Waals surface area contributed by atoms with Crippen LogP contribution in [0.3, 0.4) is 0 Å². The first-order valence-electron chi connectivity index (χ1n) is 36.8. The van der Waals surface area contributed by atoms with Crippen LogP contribution in [0.2, 0.25) is 0 Å². The maximum atomic E-state index is 12.6. The summed E-state index contributed by atoms with van der Waals surface area (Å²) in [5, 5.41) is 23.5. The molecule has 2 atom stereocenters. The fourth-order valence-electron chi connectivity index (χ4n) is 11.8. The van der Waals surface area contributed by atoms with Crippen molar-refractivity contribution in [2.24, 2.45) is 0 Å². The number of unbranched alkanes of at least 4 members (excludes halogenated alkanes) is 54. The van der Waals surface area contributed by atoms with E-state index in [1.54, 1.807) is 0 Å². The molecule has 472 valence electrons.